The molecule has 1 saturated carbocycles. The molecule has 1 aliphatic carbocycles. The van der Waals surface area contributed by atoms with E-state index >= 15 is 0 Å². The summed E-state index contributed by atoms with van der Waals surface area (Å²) >= 11 is 0.980. The first-order chi connectivity index (χ1) is 10.8. The predicted molar refractivity (Wildman–Crippen MR) is 86.1 cm³/mol. The fourth-order valence-electron chi connectivity index (χ4n) is 2.70. The van der Waals surface area contributed by atoms with Crippen LogP contribution in [-0.4, -0.2) is 38.0 Å². The molecule has 0 radical (unpaired) electrons. The van der Waals surface area contributed by atoms with Crippen LogP contribution in [0, 0.1) is 0 Å². The second-order valence-electron chi connectivity index (χ2n) is 5.61. The average Bonchev–Trinajstić information content (AvgIpc) is 2.90. The van der Waals surface area contributed by atoms with Crippen LogP contribution in [0.4, 0.5) is 0 Å². The summed E-state index contributed by atoms with van der Waals surface area (Å²) in [5, 5.41) is 13.6. The summed E-state index contributed by atoms with van der Waals surface area (Å²) in [6.45, 7) is 0. The Bertz CT molecular complexity index is 688. The molecule has 0 aliphatic heterocycles. The Hall–Kier alpha value is -1.45. The van der Waals surface area contributed by atoms with Crippen molar-refractivity contribution in [2.45, 2.75) is 49.0 Å². The first-order valence-electron chi connectivity index (χ1n) is 7.39. The lowest BCUT2D eigenvalue weighted by Gasteiger charge is -2.29. The molecule has 1 amide bonds. The number of carbonyl (C=O) groups is 2. The lowest BCUT2D eigenvalue weighted by atomic mass is 9.90. The maximum atomic E-state index is 12.4. The molecule has 7 nitrogen and oxygen atoms in total. The maximum Gasteiger partial charge on any atom is 0.329 e. The van der Waals surface area contributed by atoms with Crippen molar-refractivity contribution in [1.82, 2.24) is 10.0 Å². The van der Waals surface area contributed by atoms with E-state index in [-0.39, 0.29) is 9.77 Å². The number of sulfonamides is 1. The van der Waals surface area contributed by atoms with E-state index in [0.29, 0.717) is 12.8 Å². The third-order valence-electron chi connectivity index (χ3n) is 4.10. The van der Waals surface area contributed by atoms with Gasteiger partial charge in [-0.05, 0) is 26.0 Å². The monoisotopic (exact) mass is 360 g/mol. The Morgan fingerprint density at radius 3 is 2.35 bits per heavy atom. The summed E-state index contributed by atoms with van der Waals surface area (Å²) in [6, 6.07) is 1.26. The summed E-state index contributed by atoms with van der Waals surface area (Å²) in [5.41, 5.74) is -1.26. The number of hydrogen-bond donors (Lipinski definition) is 3. The Labute approximate surface area is 139 Å². The molecule has 1 fully saturated rings. The molecule has 0 bridgehead atoms. The van der Waals surface area contributed by atoms with Gasteiger partial charge in [0.05, 0.1) is 9.77 Å². The summed E-state index contributed by atoms with van der Waals surface area (Å²) in [5.74, 6) is -1.58. The largest absolute Gasteiger partial charge is 0.480 e. The number of carboxylic acid groups (broad SMARTS) is 1. The molecule has 0 saturated heterocycles. The van der Waals surface area contributed by atoms with Crippen LogP contribution < -0.4 is 10.0 Å². The molecular formula is C14H20N2O5S2. The molecule has 2 rings (SSSR count). The van der Waals surface area contributed by atoms with Crippen LogP contribution in [0.2, 0.25) is 0 Å². The summed E-state index contributed by atoms with van der Waals surface area (Å²) in [7, 11) is -2.33. The Morgan fingerprint density at radius 2 is 1.83 bits per heavy atom. The van der Waals surface area contributed by atoms with Gasteiger partial charge in [-0.1, -0.05) is 25.7 Å². The molecule has 0 atom stereocenters. The van der Waals surface area contributed by atoms with E-state index in [1.165, 1.54) is 18.5 Å². The standard InChI is InChI=1S/C14H20N2O5S2/c1-15-23(20,21)10-8-11(22-9-10)12(17)16-14(13(18)19)6-4-2-3-5-7-14/h8-9,15H,2-7H2,1H3,(H,16,17)(H,18,19). The van der Waals surface area contributed by atoms with Crippen LogP contribution >= 0.6 is 11.3 Å². The first kappa shape index (κ1) is 17.9. The van der Waals surface area contributed by atoms with Gasteiger partial charge in [-0.25, -0.2) is 17.9 Å². The normalized spacial score (nSPS) is 18.1. The van der Waals surface area contributed by atoms with E-state index in [1.54, 1.807) is 0 Å². The molecule has 1 heterocycles. The van der Waals surface area contributed by atoms with Crippen molar-refractivity contribution in [2.24, 2.45) is 0 Å². The lowest BCUT2D eigenvalue weighted by Crippen LogP contribution is -2.54. The molecule has 0 aromatic carbocycles. The number of nitrogens with one attached hydrogen (secondary N) is 2. The van der Waals surface area contributed by atoms with Crippen LogP contribution in [0.5, 0.6) is 0 Å². The molecule has 1 aromatic rings. The van der Waals surface area contributed by atoms with Crippen molar-refractivity contribution in [3.63, 3.8) is 0 Å². The average molecular weight is 360 g/mol. The summed E-state index contributed by atoms with van der Waals surface area (Å²) in [6.07, 6.45) is 4.18. The number of thiophene rings is 1. The molecule has 1 aliphatic rings. The first-order valence-corrected chi connectivity index (χ1v) is 9.75. The van der Waals surface area contributed by atoms with Gasteiger partial charge in [0.25, 0.3) is 5.91 Å². The lowest BCUT2D eigenvalue weighted by molar-refractivity contribution is -0.145. The van der Waals surface area contributed by atoms with Gasteiger partial charge in [0.2, 0.25) is 10.0 Å². The summed E-state index contributed by atoms with van der Waals surface area (Å²) in [4.78, 5) is 24.3. The number of carbonyl (C=O) groups excluding carboxylic acids is 1. The van der Waals surface area contributed by atoms with Gasteiger partial charge in [0.1, 0.15) is 5.54 Å². The van der Waals surface area contributed by atoms with Crippen molar-refractivity contribution in [2.75, 3.05) is 7.05 Å². The van der Waals surface area contributed by atoms with E-state index < -0.39 is 27.4 Å². The highest BCUT2D eigenvalue weighted by Gasteiger charge is 2.40. The van der Waals surface area contributed by atoms with Crippen LogP contribution in [0.25, 0.3) is 0 Å². The molecule has 0 unspecified atom stereocenters. The van der Waals surface area contributed by atoms with Gasteiger partial charge >= 0.3 is 5.97 Å². The fourth-order valence-corrected chi connectivity index (χ4v) is 4.60. The van der Waals surface area contributed by atoms with Crippen molar-refractivity contribution < 1.29 is 23.1 Å². The third-order valence-corrected chi connectivity index (χ3v) is 6.57. The highest BCUT2D eigenvalue weighted by atomic mass is 32.2. The molecule has 128 valence electrons. The Balaban J connectivity index is 2.21. The second kappa shape index (κ2) is 6.98. The minimum Gasteiger partial charge on any atom is -0.480 e. The highest BCUT2D eigenvalue weighted by molar-refractivity contribution is 7.89. The van der Waals surface area contributed by atoms with Gasteiger partial charge in [-0.15, -0.1) is 11.3 Å². The topological polar surface area (TPSA) is 113 Å². The zero-order valence-electron chi connectivity index (χ0n) is 12.8. The Morgan fingerprint density at radius 1 is 1.22 bits per heavy atom. The van der Waals surface area contributed by atoms with E-state index in [4.69, 9.17) is 0 Å². The molecule has 0 spiro atoms. The molecule has 1 aromatic heterocycles. The van der Waals surface area contributed by atoms with Crippen molar-refractivity contribution in [1.29, 1.82) is 0 Å². The highest BCUT2D eigenvalue weighted by Crippen LogP contribution is 2.28. The van der Waals surface area contributed by atoms with Gasteiger partial charge < -0.3 is 10.4 Å². The van der Waals surface area contributed by atoms with Crippen molar-refractivity contribution >= 4 is 33.2 Å². The van der Waals surface area contributed by atoms with Gasteiger partial charge in [-0.3, -0.25) is 4.79 Å². The minimum absolute atomic E-state index is 0.000362. The number of rotatable bonds is 5. The predicted octanol–water partition coefficient (Wildman–Crippen LogP) is 1.56. The fraction of sp³-hybridized carbons (Fsp3) is 0.571. The Kier molecular flexibility index (Phi) is 5.43. The quantitative estimate of drug-likeness (QED) is 0.690. The van der Waals surface area contributed by atoms with Crippen LogP contribution in [0.15, 0.2) is 16.3 Å². The van der Waals surface area contributed by atoms with Crippen molar-refractivity contribution in [3.05, 3.63) is 16.3 Å². The molecule has 9 heteroatoms. The summed E-state index contributed by atoms with van der Waals surface area (Å²) < 4.78 is 25.6. The molecular weight excluding hydrogens is 340 g/mol. The molecule has 23 heavy (non-hydrogen) atoms. The number of hydrogen-bond acceptors (Lipinski definition) is 5. The zero-order chi connectivity index (χ0) is 17.1. The minimum atomic E-state index is -3.62. The SMILES string of the molecule is CNS(=O)(=O)c1csc(C(=O)NC2(C(=O)O)CCCCCC2)c1. The smallest absolute Gasteiger partial charge is 0.329 e. The van der Waals surface area contributed by atoms with E-state index in [2.05, 4.69) is 10.0 Å². The van der Waals surface area contributed by atoms with E-state index in [0.717, 1.165) is 37.0 Å². The van der Waals surface area contributed by atoms with Gasteiger partial charge in [0, 0.05) is 5.38 Å². The number of amides is 1. The van der Waals surface area contributed by atoms with Crippen LogP contribution in [0.3, 0.4) is 0 Å². The van der Waals surface area contributed by atoms with Gasteiger partial charge in [0.15, 0.2) is 0 Å². The van der Waals surface area contributed by atoms with Crippen LogP contribution in [-0.2, 0) is 14.8 Å². The maximum absolute atomic E-state index is 12.4. The van der Waals surface area contributed by atoms with Crippen molar-refractivity contribution in [3.8, 4) is 0 Å². The number of aliphatic carboxylic acids is 1. The van der Waals surface area contributed by atoms with E-state index in [1.807, 2.05) is 0 Å². The molecule has 3 N–H and O–H groups in total. The number of carboxylic acids is 1. The van der Waals surface area contributed by atoms with E-state index in [9.17, 15) is 23.1 Å². The second-order valence-corrected chi connectivity index (χ2v) is 8.41. The zero-order valence-corrected chi connectivity index (χ0v) is 14.4. The van der Waals surface area contributed by atoms with Gasteiger partial charge in [-0.2, -0.15) is 0 Å². The van der Waals surface area contributed by atoms with Crippen LogP contribution in [0.1, 0.15) is 48.2 Å². The third kappa shape index (κ3) is 3.91.